The third-order valence-electron chi connectivity index (χ3n) is 3.28. The molecule has 4 N–H and O–H groups in total. The summed E-state index contributed by atoms with van der Waals surface area (Å²) in [6.45, 7) is 0. The molecule has 1 aliphatic rings. The summed E-state index contributed by atoms with van der Waals surface area (Å²) in [6, 6.07) is 1.28. The Labute approximate surface area is 111 Å². The first-order valence-electron chi connectivity index (χ1n) is 5.95. The van der Waals surface area contributed by atoms with Crippen LogP contribution in [0.25, 0.3) is 0 Å². The highest BCUT2D eigenvalue weighted by molar-refractivity contribution is 7.89. The van der Waals surface area contributed by atoms with Crippen LogP contribution < -0.4 is 10.5 Å². The standard InChI is InChI=1S/C11H17N3O4S/c1-18-8-3-2-7(4-8)14-11(15)10-5-9(6-13-10)19(12,16)17/h5-8,13H,2-4H2,1H3,(H,14,15)(H2,12,16,17). The lowest BCUT2D eigenvalue weighted by Gasteiger charge is -2.11. The summed E-state index contributed by atoms with van der Waals surface area (Å²) in [5.74, 6) is -0.336. The maximum atomic E-state index is 11.9. The van der Waals surface area contributed by atoms with Crippen LogP contribution in [0.3, 0.4) is 0 Å². The molecule has 1 amide bonds. The number of carbonyl (C=O) groups is 1. The number of aromatic amines is 1. The fourth-order valence-electron chi connectivity index (χ4n) is 2.22. The van der Waals surface area contributed by atoms with Gasteiger partial charge in [0, 0.05) is 19.3 Å². The predicted molar refractivity (Wildman–Crippen MR) is 68.1 cm³/mol. The third kappa shape index (κ3) is 3.34. The summed E-state index contributed by atoms with van der Waals surface area (Å²) in [7, 11) is -2.14. The molecule has 1 saturated carbocycles. The van der Waals surface area contributed by atoms with Gasteiger partial charge in [0.1, 0.15) is 5.69 Å². The van der Waals surface area contributed by atoms with Gasteiger partial charge in [-0.15, -0.1) is 0 Å². The van der Waals surface area contributed by atoms with Gasteiger partial charge in [0.15, 0.2) is 0 Å². The number of H-pyrrole nitrogens is 1. The van der Waals surface area contributed by atoms with Gasteiger partial charge in [0.25, 0.3) is 5.91 Å². The van der Waals surface area contributed by atoms with Crippen molar-refractivity contribution in [3.05, 3.63) is 18.0 Å². The lowest BCUT2D eigenvalue weighted by atomic mass is 10.2. The number of hydrogen-bond acceptors (Lipinski definition) is 4. The van der Waals surface area contributed by atoms with Gasteiger partial charge >= 0.3 is 0 Å². The molecular weight excluding hydrogens is 270 g/mol. The van der Waals surface area contributed by atoms with Crippen molar-refractivity contribution in [2.75, 3.05) is 7.11 Å². The fourth-order valence-corrected chi connectivity index (χ4v) is 2.72. The van der Waals surface area contributed by atoms with Crippen LogP contribution in [-0.4, -0.2) is 38.6 Å². The van der Waals surface area contributed by atoms with Crippen molar-refractivity contribution in [3.8, 4) is 0 Å². The van der Waals surface area contributed by atoms with Gasteiger partial charge in [-0.1, -0.05) is 0 Å². The first-order chi connectivity index (χ1) is 8.90. The number of nitrogens with one attached hydrogen (secondary N) is 2. The number of nitrogens with two attached hydrogens (primary N) is 1. The van der Waals surface area contributed by atoms with Crippen molar-refractivity contribution in [1.29, 1.82) is 0 Å². The number of ether oxygens (including phenoxy) is 1. The molecule has 106 valence electrons. The van der Waals surface area contributed by atoms with E-state index in [1.54, 1.807) is 7.11 Å². The zero-order valence-electron chi connectivity index (χ0n) is 10.5. The molecule has 19 heavy (non-hydrogen) atoms. The molecule has 1 aliphatic carbocycles. The van der Waals surface area contributed by atoms with Crippen molar-refractivity contribution < 1.29 is 17.9 Å². The molecule has 0 aromatic carbocycles. The lowest BCUT2D eigenvalue weighted by molar-refractivity contribution is 0.0911. The Kier molecular flexibility index (Phi) is 3.93. The molecule has 0 saturated heterocycles. The Hall–Kier alpha value is -1.38. The van der Waals surface area contributed by atoms with E-state index < -0.39 is 10.0 Å². The lowest BCUT2D eigenvalue weighted by Crippen LogP contribution is -2.33. The number of amides is 1. The van der Waals surface area contributed by atoms with E-state index in [1.807, 2.05) is 0 Å². The number of rotatable bonds is 4. The van der Waals surface area contributed by atoms with E-state index in [9.17, 15) is 13.2 Å². The number of methoxy groups -OCH3 is 1. The Morgan fingerprint density at radius 1 is 1.53 bits per heavy atom. The second-order valence-electron chi connectivity index (χ2n) is 4.64. The summed E-state index contributed by atoms with van der Waals surface area (Å²) in [5.41, 5.74) is 0.185. The Morgan fingerprint density at radius 2 is 2.26 bits per heavy atom. The van der Waals surface area contributed by atoms with Gasteiger partial charge in [-0.2, -0.15) is 0 Å². The summed E-state index contributed by atoms with van der Waals surface area (Å²) in [5, 5.41) is 7.81. The highest BCUT2D eigenvalue weighted by Crippen LogP contribution is 2.21. The molecule has 2 atom stereocenters. The number of sulfonamides is 1. The van der Waals surface area contributed by atoms with E-state index in [2.05, 4.69) is 10.3 Å². The predicted octanol–water partition coefficient (Wildman–Crippen LogP) is -0.0406. The number of aromatic nitrogens is 1. The molecule has 2 rings (SSSR count). The van der Waals surface area contributed by atoms with Crippen molar-refractivity contribution >= 4 is 15.9 Å². The van der Waals surface area contributed by atoms with Crippen LogP contribution in [-0.2, 0) is 14.8 Å². The molecular formula is C11H17N3O4S. The zero-order valence-corrected chi connectivity index (χ0v) is 11.4. The van der Waals surface area contributed by atoms with Gasteiger partial charge in [-0.25, -0.2) is 13.6 Å². The number of carbonyl (C=O) groups excluding carboxylic acids is 1. The number of primary sulfonamides is 1. The first kappa shape index (κ1) is 14.0. The molecule has 0 bridgehead atoms. The summed E-state index contributed by atoms with van der Waals surface area (Å²) in [6.07, 6.45) is 3.91. The van der Waals surface area contributed by atoms with Crippen LogP contribution in [0, 0.1) is 0 Å². The van der Waals surface area contributed by atoms with Gasteiger partial charge in [-0.05, 0) is 25.3 Å². The monoisotopic (exact) mass is 287 g/mol. The average molecular weight is 287 g/mol. The topological polar surface area (TPSA) is 114 Å². The Bertz CT molecular complexity index is 566. The van der Waals surface area contributed by atoms with Crippen LogP contribution >= 0.6 is 0 Å². The molecule has 1 fully saturated rings. The van der Waals surface area contributed by atoms with E-state index in [-0.39, 0.29) is 28.6 Å². The minimum absolute atomic E-state index is 0.0543. The molecule has 7 nitrogen and oxygen atoms in total. The highest BCUT2D eigenvalue weighted by atomic mass is 32.2. The first-order valence-corrected chi connectivity index (χ1v) is 7.49. The van der Waals surface area contributed by atoms with Crippen LogP contribution in [0.4, 0.5) is 0 Å². The quantitative estimate of drug-likeness (QED) is 0.720. The molecule has 0 spiro atoms. The zero-order chi connectivity index (χ0) is 14.0. The second-order valence-corrected chi connectivity index (χ2v) is 6.20. The summed E-state index contributed by atoms with van der Waals surface area (Å²) >= 11 is 0. The van der Waals surface area contributed by atoms with Crippen LogP contribution in [0.2, 0.25) is 0 Å². The maximum absolute atomic E-state index is 11.9. The minimum atomic E-state index is -3.79. The van der Waals surface area contributed by atoms with E-state index in [0.717, 1.165) is 19.3 Å². The van der Waals surface area contributed by atoms with Crippen molar-refractivity contribution in [1.82, 2.24) is 10.3 Å². The molecule has 0 radical (unpaired) electrons. The maximum Gasteiger partial charge on any atom is 0.267 e. The van der Waals surface area contributed by atoms with Crippen molar-refractivity contribution in [2.24, 2.45) is 5.14 Å². The van der Waals surface area contributed by atoms with E-state index in [1.165, 1.54) is 12.3 Å². The SMILES string of the molecule is COC1CCC(NC(=O)c2cc(S(N)(=O)=O)c[nH]2)C1. The molecule has 8 heteroatoms. The second kappa shape index (κ2) is 5.32. The minimum Gasteiger partial charge on any atom is -0.381 e. The van der Waals surface area contributed by atoms with Crippen molar-refractivity contribution in [3.63, 3.8) is 0 Å². The van der Waals surface area contributed by atoms with E-state index in [4.69, 9.17) is 9.88 Å². The van der Waals surface area contributed by atoms with Gasteiger partial charge in [0.2, 0.25) is 10.0 Å². The molecule has 2 unspecified atom stereocenters. The van der Waals surface area contributed by atoms with E-state index >= 15 is 0 Å². The molecule has 0 aliphatic heterocycles. The summed E-state index contributed by atoms with van der Waals surface area (Å²) in [4.78, 5) is 14.4. The normalized spacial score (nSPS) is 23.5. The van der Waals surface area contributed by atoms with Gasteiger partial charge in [-0.3, -0.25) is 4.79 Å². The third-order valence-corrected chi connectivity index (χ3v) is 4.18. The average Bonchev–Trinajstić information content (AvgIpc) is 2.96. The van der Waals surface area contributed by atoms with Gasteiger partial charge in [0.05, 0.1) is 11.0 Å². The van der Waals surface area contributed by atoms with Crippen molar-refractivity contribution in [2.45, 2.75) is 36.3 Å². The molecule has 1 heterocycles. The molecule has 1 aromatic heterocycles. The fraction of sp³-hybridized carbons (Fsp3) is 0.545. The van der Waals surface area contributed by atoms with Crippen LogP contribution in [0.5, 0.6) is 0 Å². The van der Waals surface area contributed by atoms with Crippen LogP contribution in [0.15, 0.2) is 17.2 Å². The van der Waals surface area contributed by atoms with E-state index in [0.29, 0.717) is 0 Å². The Morgan fingerprint density at radius 3 is 2.79 bits per heavy atom. The summed E-state index contributed by atoms with van der Waals surface area (Å²) < 4.78 is 27.4. The number of hydrogen-bond donors (Lipinski definition) is 3. The smallest absolute Gasteiger partial charge is 0.267 e. The van der Waals surface area contributed by atoms with Gasteiger partial charge < -0.3 is 15.0 Å². The van der Waals surface area contributed by atoms with Crippen LogP contribution in [0.1, 0.15) is 29.8 Å². The molecule has 1 aromatic rings. The Balaban J connectivity index is 1.99. The highest BCUT2D eigenvalue weighted by Gasteiger charge is 2.26. The largest absolute Gasteiger partial charge is 0.381 e.